The molecule has 1 aromatic heterocycles. The lowest BCUT2D eigenvalue weighted by Crippen LogP contribution is -2.41. The number of furan rings is 1. The van der Waals surface area contributed by atoms with Crippen LogP contribution in [0.2, 0.25) is 0 Å². The fourth-order valence-corrected chi connectivity index (χ4v) is 8.93. The molecule has 3 unspecified atom stereocenters. The van der Waals surface area contributed by atoms with Gasteiger partial charge in [-0.1, -0.05) is 109 Å². The van der Waals surface area contributed by atoms with Gasteiger partial charge in [0, 0.05) is 35.0 Å². The summed E-state index contributed by atoms with van der Waals surface area (Å²) in [5, 5.41) is 3.84. The van der Waals surface area contributed by atoms with E-state index in [0.717, 1.165) is 87.4 Å². The van der Waals surface area contributed by atoms with Crippen LogP contribution in [0, 0.1) is 5.92 Å². The van der Waals surface area contributed by atoms with Crippen molar-refractivity contribution in [2.24, 2.45) is 15.9 Å². The number of hydrogen-bond donors (Lipinski definition) is 1. The molecule has 0 bridgehead atoms. The van der Waals surface area contributed by atoms with Crippen LogP contribution in [-0.2, 0) is 19.3 Å². The Bertz CT molecular complexity index is 2260. The van der Waals surface area contributed by atoms with Gasteiger partial charge in [-0.05, 0) is 108 Å². The van der Waals surface area contributed by atoms with Crippen LogP contribution in [0.25, 0.3) is 29.4 Å². The predicted molar refractivity (Wildman–Crippen MR) is 212 cm³/mol. The number of aryl methyl sites for hydroxylation is 1. The molecule has 0 saturated carbocycles. The largest absolute Gasteiger partial charge is 0.464 e. The van der Waals surface area contributed by atoms with Crippen molar-refractivity contribution in [3.8, 4) is 0 Å². The normalized spacial score (nSPS) is 24.2. The van der Waals surface area contributed by atoms with Crippen molar-refractivity contribution in [2.75, 3.05) is 0 Å². The lowest BCUT2D eigenvalue weighted by atomic mass is 9.82. The highest BCUT2D eigenvalue weighted by Gasteiger charge is 2.35. The SMILES string of the molecule is C1=CCCCC(C2=NC(C3C=Cc4cc(C5=CCCC=C5)ccc4C3)=NC(C3=CCCc4oc5c(c43)C=CCC5c3ccc4c(c3)CC=C4)N2)=C1. The monoisotopic (exact) mass is 665 g/mol. The molecule has 0 amide bonds. The number of hydrogen-bond acceptors (Lipinski definition) is 4. The van der Waals surface area contributed by atoms with Crippen LogP contribution in [0.3, 0.4) is 0 Å². The second-order valence-corrected chi connectivity index (χ2v) is 14.9. The summed E-state index contributed by atoms with van der Waals surface area (Å²) in [6, 6.07) is 13.9. The maximum absolute atomic E-state index is 6.88. The standard InChI is InChI=1S/C47H43N3O/c1-2-5-14-32(13-4-1)45-48-46(38-26-24-35-27-34(22-23-36(35)29-38)30-11-6-3-7-12-30)50-47(49-45)41-19-10-20-42-43(41)40-18-9-17-39(44(40)51-42)37-25-21-31-15-8-16-33(31)28-37/h1,4,6,8-9,11-13,15,18-19,21-28,38-39,47H,2-3,5,7,10,14,16-17,20,29H2,(H,48,49,50). The Morgan fingerprint density at radius 1 is 0.804 bits per heavy atom. The Kier molecular flexibility index (Phi) is 7.70. The highest BCUT2D eigenvalue weighted by atomic mass is 16.3. The quantitative estimate of drug-likeness (QED) is 0.295. The first-order valence-corrected chi connectivity index (χ1v) is 19.0. The molecule has 3 atom stereocenters. The Labute approximate surface area is 300 Å². The summed E-state index contributed by atoms with van der Waals surface area (Å²) in [5.74, 6) is 4.42. The van der Waals surface area contributed by atoms with Crippen LogP contribution >= 0.6 is 0 Å². The molecule has 1 N–H and O–H groups in total. The summed E-state index contributed by atoms with van der Waals surface area (Å²) in [6.45, 7) is 0. The Balaban J connectivity index is 1.00. The summed E-state index contributed by atoms with van der Waals surface area (Å²) in [6.07, 6.45) is 39.8. The Morgan fingerprint density at radius 3 is 2.76 bits per heavy atom. The zero-order valence-corrected chi connectivity index (χ0v) is 29.1. The third kappa shape index (κ3) is 5.62. The molecular formula is C47H43N3O. The lowest BCUT2D eigenvalue weighted by Gasteiger charge is -2.30. The first-order valence-electron chi connectivity index (χ1n) is 19.0. The van der Waals surface area contributed by atoms with E-state index in [-0.39, 0.29) is 18.0 Å². The zero-order valence-electron chi connectivity index (χ0n) is 29.1. The number of benzene rings is 2. The smallest absolute Gasteiger partial charge is 0.148 e. The number of fused-ring (bicyclic) bond motifs is 5. The van der Waals surface area contributed by atoms with Crippen molar-refractivity contribution in [1.82, 2.24) is 5.32 Å². The molecular weight excluding hydrogens is 623 g/mol. The van der Waals surface area contributed by atoms with Gasteiger partial charge in [0.15, 0.2) is 0 Å². The summed E-state index contributed by atoms with van der Waals surface area (Å²) in [7, 11) is 0. The van der Waals surface area contributed by atoms with Crippen molar-refractivity contribution >= 4 is 41.0 Å². The Hall–Kier alpha value is -5.22. The van der Waals surface area contributed by atoms with Gasteiger partial charge in [-0.3, -0.25) is 0 Å². The number of nitrogens with one attached hydrogen (secondary N) is 1. The maximum Gasteiger partial charge on any atom is 0.148 e. The van der Waals surface area contributed by atoms with Crippen LogP contribution in [0.1, 0.15) is 107 Å². The third-order valence-corrected chi connectivity index (χ3v) is 11.6. The van der Waals surface area contributed by atoms with Gasteiger partial charge < -0.3 is 9.73 Å². The molecule has 7 aliphatic rings. The topological polar surface area (TPSA) is 49.9 Å². The molecule has 2 heterocycles. The first kappa shape index (κ1) is 30.6. The summed E-state index contributed by atoms with van der Waals surface area (Å²) in [5.41, 5.74) is 14.4. The van der Waals surface area contributed by atoms with Crippen molar-refractivity contribution in [3.63, 3.8) is 0 Å². The summed E-state index contributed by atoms with van der Waals surface area (Å²) in [4.78, 5) is 10.8. The molecule has 51 heavy (non-hydrogen) atoms. The van der Waals surface area contributed by atoms with E-state index < -0.39 is 0 Å². The van der Waals surface area contributed by atoms with E-state index in [2.05, 4.69) is 121 Å². The molecule has 1 aliphatic heterocycles. The second-order valence-electron chi connectivity index (χ2n) is 14.9. The summed E-state index contributed by atoms with van der Waals surface area (Å²) < 4.78 is 6.88. The highest BCUT2D eigenvalue weighted by Crippen LogP contribution is 2.45. The summed E-state index contributed by atoms with van der Waals surface area (Å²) >= 11 is 0. The molecule has 6 aliphatic carbocycles. The van der Waals surface area contributed by atoms with E-state index >= 15 is 0 Å². The van der Waals surface area contributed by atoms with E-state index in [4.69, 9.17) is 14.4 Å². The van der Waals surface area contributed by atoms with Gasteiger partial charge >= 0.3 is 0 Å². The molecule has 0 radical (unpaired) electrons. The number of nitrogens with zero attached hydrogens (tertiary/aromatic N) is 2. The van der Waals surface area contributed by atoms with Crippen LogP contribution in [0.15, 0.2) is 117 Å². The molecule has 4 heteroatoms. The van der Waals surface area contributed by atoms with Crippen LogP contribution in [-0.4, -0.2) is 17.8 Å². The number of allylic oxidation sites excluding steroid dienone is 10. The average Bonchev–Trinajstić information content (AvgIpc) is 3.72. The molecule has 0 fully saturated rings. The average molecular weight is 666 g/mol. The lowest BCUT2D eigenvalue weighted by molar-refractivity contribution is 0.443. The fraction of sp³-hybridized carbons (Fsp3) is 0.277. The molecule has 10 rings (SSSR count). The number of amidine groups is 2. The van der Waals surface area contributed by atoms with E-state index in [1.807, 2.05) is 0 Å². The minimum Gasteiger partial charge on any atom is -0.464 e. The van der Waals surface area contributed by atoms with E-state index in [9.17, 15) is 0 Å². The van der Waals surface area contributed by atoms with Crippen LogP contribution < -0.4 is 5.32 Å². The predicted octanol–water partition coefficient (Wildman–Crippen LogP) is 10.7. The second kappa shape index (κ2) is 12.8. The third-order valence-electron chi connectivity index (χ3n) is 11.6. The van der Waals surface area contributed by atoms with Gasteiger partial charge in [-0.25, -0.2) is 9.98 Å². The highest BCUT2D eigenvalue weighted by molar-refractivity contribution is 6.10. The van der Waals surface area contributed by atoms with Gasteiger partial charge in [0.25, 0.3) is 0 Å². The van der Waals surface area contributed by atoms with Crippen molar-refractivity contribution in [2.45, 2.75) is 76.3 Å². The minimum atomic E-state index is -0.233. The van der Waals surface area contributed by atoms with Gasteiger partial charge in [-0.2, -0.15) is 0 Å². The molecule has 252 valence electrons. The van der Waals surface area contributed by atoms with Crippen LogP contribution in [0.5, 0.6) is 0 Å². The molecule has 0 saturated heterocycles. The number of rotatable bonds is 5. The maximum atomic E-state index is 6.88. The fourth-order valence-electron chi connectivity index (χ4n) is 8.93. The van der Waals surface area contributed by atoms with E-state index in [1.165, 1.54) is 61.2 Å². The van der Waals surface area contributed by atoms with E-state index in [1.54, 1.807) is 0 Å². The zero-order chi connectivity index (χ0) is 33.7. The van der Waals surface area contributed by atoms with Gasteiger partial charge in [0.05, 0.1) is 0 Å². The van der Waals surface area contributed by atoms with Gasteiger partial charge in [0.1, 0.15) is 29.4 Å². The molecule has 3 aromatic rings. The van der Waals surface area contributed by atoms with E-state index in [0.29, 0.717) is 0 Å². The van der Waals surface area contributed by atoms with Gasteiger partial charge in [-0.15, -0.1) is 0 Å². The first-order chi connectivity index (χ1) is 25.2. The molecule has 2 aromatic carbocycles. The van der Waals surface area contributed by atoms with Crippen molar-refractivity contribution < 1.29 is 4.42 Å². The Morgan fingerprint density at radius 2 is 1.80 bits per heavy atom. The van der Waals surface area contributed by atoms with Gasteiger partial charge in [0.2, 0.25) is 0 Å². The van der Waals surface area contributed by atoms with Crippen LogP contribution in [0.4, 0.5) is 0 Å². The van der Waals surface area contributed by atoms with Crippen molar-refractivity contribution in [1.29, 1.82) is 0 Å². The molecule has 4 nitrogen and oxygen atoms in total. The van der Waals surface area contributed by atoms with Crippen molar-refractivity contribution in [3.05, 3.63) is 159 Å². The molecule has 0 spiro atoms. The number of aliphatic imine (C=N–C) groups is 2. The minimum absolute atomic E-state index is 0.110.